The number of phenolic OH excluding ortho intramolecular Hbond substituents is 1. The molecular weight excluding hydrogens is 490 g/mol. The van der Waals surface area contributed by atoms with E-state index in [1.165, 1.54) is 5.57 Å². The van der Waals surface area contributed by atoms with E-state index in [0.717, 1.165) is 53.6 Å². The van der Waals surface area contributed by atoms with Gasteiger partial charge in [0.2, 0.25) is 0 Å². The van der Waals surface area contributed by atoms with Gasteiger partial charge in [-0.3, -0.25) is 9.19 Å². The molecule has 1 aromatic heterocycles. The third-order valence-electron chi connectivity index (χ3n) is 6.42. The molecule has 1 N–H and O–H groups in total. The largest absolute Gasteiger partial charge is 0.508 e. The van der Waals surface area contributed by atoms with Crippen LogP contribution in [0.2, 0.25) is 0 Å². The van der Waals surface area contributed by atoms with Crippen LogP contribution in [0.15, 0.2) is 102 Å². The van der Waals surface area contributed by atoms with Crippen LogP contribution in [0.1, 0.15) is 61.9 Å². The summed E-state index contributed by atoms with van der Waals surface area (Å²) >= 11 is 0. The molecule has 0 aliphatic heterocycles. The van der Waals surface area contributed by atoms with Gasteiger partial charge in [0.05, 0.1) is 33.7 Å². The summed E-state index contributed by atoms with van der Waals surface area (Å²) in [5.74, 6) is 1.19. The molecule has 0 radical (unpaired) electrons. The Balaban J connectivity index is 1.84. The smallest absolute Gasteiger partial charge is 0.135 e. The van der Waals surface area contributed by atoms with Gasteiger partial charge in [0.1, 0.15) is 11.5 Å². The van der Waals surface area contributed by atoms with Crippen LogP contribution in [0, 0.1) is 0 Å². The molecule has 0 amide bonds. The van der Waals surface area contributed by atoms with Crippen molar-refractivity contribution in [2.45, 2.75) is 50.2 Å². The first-order valence-corrected chi connectivity index (χ1v) is 14.6. The lowest BCUT2D eigenvalue weighted by Gasteiger charge is -2.19. The van der Waals surface area contributed by atoms with Crippen LogP contribution in [-0.4, -0.2) is 20.9 Å². The zero-order chi connectivity index (χ0) is 26.7. The highest BCUT2D eigenvalue weighted by molar-refractivity contribution is 7.84. The molecular formula is C33H35NO3S. The Bertz CT molecular complexity index is 1370. The van der Waals surface area contributed by atoms with Crippen LogP contribution in [-0.2, 0) is 16.6 Å². The average molecular weight is 526 g/mol. The van der Waals surface area contributed by atoms with E-state index in [4.69, 9.17) is 4.74 Å². The Morgan fingerprint density at radius 3 is 2.26 bits per heavy atom. The molecule has 0 aliphatic rings. The number of unbranched alkanes of at least 4 members (excludes halogenated alkanes) is 2. The average Bonchev–Trinajstić information content (AvgIpc) is 2.96. The monoisotopic (exact) mass is 525 g/mol. The Morgan fingerprint density at radius 2 is 1.58 bits per heavy atom. The number of aromatic hydroxyl groups is 1. The van der Waals surface area contributed by atoms with Crippen LogP contribution in [0.4, 0.5) is 0 Å². The fourth-order valence-electron chi connectivity index (χ4n) is 4.50. The minimum absolute atomic E-state index is 0.221. The van der Waals surface area contributed by atoms with Crippen LogP contribution < -0.4 is 4.74 Å². The second kappa shape index (κ2) is 13.7. The van der Waals surface area contributed by atoms with Crippen molar-refractivity contribution >= 4 is 21.9 Å². The lowest BCUT2D eigenvalue weighted by molar-refractivity contribution is 0.299. The van der Waals surface area contributed by atoms with Crippen LogP contribution in [0.5, 0.6) is 11.5 Å². The van der Waals surface area contributed by atoms with Crippen molar-refractivity contribution in [1.29, 1.82) is 0 Å². The number of pyridine rings is 1. The second-order valence-corrected chi connectivity index (χ2v) is 10.6. The molecule has 1 atom stereocenters. The number of rotatable bonds is 12. The molecule has 5 heteroatoms. The predicted molar refractivity (Wildman–Crippen MR) is 157 cm³/mol. The van der Waals surface area contributed by atoms with Gasteiger partial charge in [0, 0.05) is 6.20 Å². The summed E-state index contributed by atoms with van der Waals surface area (Å²) < 4.78 is 19.9. The molecule has 4 nitrogen and oxygen atoms in total. The van der Waals surface area contributed by atoms with Crippen LogP contribution >= 0.6 is 0 Å². The maximum absolute atomic E-state index is 13.7. The van der Waals surface area contributed by atoms with Gasteiger partial charge in [-0.2, -0.15) is 0 Å². The fraction of sp³-hybridized carbons (Fsp3) is 0.242. The third kappa shape index (κ3) is 6.99. The fourth-order valence-corrected chi connectivity index (χ4v) is 5.70. The SMILES string of the molecule is CCCCCOc1ccc(C(=C(CC)c2ccccc2)c2ccc(O)cc2)cc1S(=O)Cc1ccccn1. The van der Waals surface area contributed by atoms with Crippen molar-refractivity contribution in [1.82, 2.24) is 4.98 Å². The van der Waals surface area contributed by atoms with Crippen molar-refractivity contribution in [2.24, 2.45) is 0 Å². The maximum Gasteiger partial charge on any atom is 0.135 e. The molecule has 4 aromatic rings. The number of aromatic nitrogens is 1. The number of ether oxygens (including phenoxy) is 1. The zero-order valence-electron chi connectivity index (χ0n) is 22.1. The number of hydrogen-bond acceptors (Lipinski definition) is 4. The molecule has 3 aromatic carbocycles. The first-order valence-electron chi connectivity index (χ1n) is 13.2. The summed E-state index contributed by atoms with van der Waals surface area (Å²) in [4.78, 5) is 5.06. The van der Waals surface area contributed by atoms with Gasteiger partial charge in [0.25, 0.3) is 0 Å². The van der Waals surface area contributed by atoms with Crippen molar-refractivity contribution in [3.05, 3.63) is 120 Å². The molecule has 0 aliphatic carbocycles. The van der Waals surface area contributed by atoms with Crippen LogP contribution in [0.3, 0.4) is 0 Å². The number of allylic oxidation sites excluding steroid dienone is 1. The van der Waals surface area contributed by atoms with E-state index in [0.29, 0.717) is 23.0 Å². The van der Waals surface area contributed by atoms with Gasteiger partial charge in [-0.15, -0.1) is 0 Å². The summed E-state index contributed by atoms with van der Waals surface area (Å²) in [5.41, 5.74) is 6.08. The van der Waals surface area contributed by atoms with E-state index in [-0.39, 0.29) is 5.75 Å². The Kier molecular flexibility index (Phi) is 9.88. The summed E-state index contributed by atoms with van der Waals surface area (Å²) in [6.45, 7) is 4.90. The van der Waals surface area contributed by atoms with Gasteiger partial charge in [-0.1, -0.05) is 81.3 Å². The van der Waals surface area contributed by atoms with E-state index < -0.39 is 10.8 Å². The number of benzene rings is 3. The summed E-state index contributed by atoms with van der Waals surface area (Å²) in [6, 6.07) is 29.3. The van der Waals surface area contributed by atoms with E-state index in [1.54, 1.807) is 18.3 Å². The normalized spacial score (nSPS) is 12.6. The van der Waals surface area contributed by atoms with E-state index in [9.17, 15) is 9.32 Å². The minimum atomic E-state index is -1.35. The minimum Gasteiger partial charge on any atom is -0.508 e. The van der Waals surface area contributed by atoms with Crippen molar-refractivity contribution in [2.75, 3.05) is 6.61 Å². The summed E-state index contributed by atoms with van der Waals surface area (Å²) in [5, 5.41) is 9.96. The lowest BCUT2D eigenvalue weighted by Crippen LogP contribution is -2.05. The number of phenols is 1. The summed E-state index contributed by atoms with van der Waals surface area (Å²) in [6.07, 6.45) is 5.69. The highest BCUT2D eigenvalue weighted by Gasteiger charge is 2.19. The topological polar surface area (TPSA) is 59.4 Å². The Labute approximate surface area is 228 Å². The van der Waals surface area contributed by atoms with Gasteiger partial charge in [-0.25, -0.2) is 0 Å². The first-order chi connectivity index (χ1) is 18.6. The van der Waals surface area contributed by atoms with E-state index >= 15 is 0 Å². The van der Waals surface area contributed by atoms with Gasteiger partial charge in [0.15, 0.2) is 0 Å². The molecule has 0 saturated carbocycles. The zero-order valence-corrected chi connectivity index (χ0v) is 22.9. The lowest BCUT2D eigenvalue weighted by atomic mass is 9.88. The molecule has 196 valence electrons. The third-order valence-corrected chi connectivity index (χ3v) is 7.79. The molecule has 1 heterocycles. The maximum atomic E-state index is 13.7. The highest BCUT2D eigenvalue weighted by atomic mass is 32.2. The van der Waals surface area contributed by atoms with Gasteiger partial charge >= 0.3 is 0 Å². The molecule has 0 fully saturated rings. The molecule has 1 unspecified atom stereocenters. The van der Waals surface area contributed by atoms with Crippen molar-refractivity contribution in [3.8, 4) is 11.5 Å². The Morgan fingerprint density at radius 1 is 0.842 bits per heavy atom. The van der Waals surface area contributed by atoms with E-state index in [2.05, 4.69) is 37.0 Å². The first kappa shape index (κ1) is 27.3. The second-order valence-electron chi connectivity index (χ2n) is 9.15. The Hall–Kier alpha value is -3.70. The summed E-state index contributed by atoms with van der Waals surface area (Å²) in [7, 11) is -1.35. The van der Waals surface area contributed by atoms with Gasteiger partial charge < -0.3 is 9.84 Å². The standard InChI is InChI=1S/C33H35NO3S/c1-3-5-11-22-37-31-20-17-27(23-32(31)38(36)24-28-14-9-10-21-34-28)33(26-15-18-29(35)19-16-26)30(4-2)25-12-7-6-8-13-25/h6-10,12-21,23,35H,3-5,11,22,24H2,1-2H3. The molecule has 0 bridgehead atoms. The molecule has 38 heavy (non-hydrogen) atoms. The van der Waals surface area contributed by atoms with Crippen molar-refractivity contribution in [3.63, 3.8) is 0 Å². The van der Waals surface area contributed by atoms with Crippen LogP contribution in [0.25, 0.3) is 11.1 Å². The molecule has 0 saturated heterocycles. The van der Waals surface area contributed by atoms with Crippen molar-refractivity contribution < 1.29 is 14.1 Å². The number of nitrogens with zero attached hydrogens (tertiary/aromatic N) is 1. The quantitative estimate of drug-likeness (QED) is 0.150. The predicted octanol–water partition coefficient (Wildman–Crippen LogP) is 8.03. The molecule has 0 spiro atoms. The molecule has 4 rings (SSSR count). The highest BCUT2D eigenvalue weighted by Crippen LogP contribution is 2.37. The van der Waals surface area contributed by atoms with Gasteiger partial charge in [-0.05, 0) is 77.1 Å². The number of hydrogen-bond donors (Lipinski definition) is 1. The van der Waals surface area contributed by atoms with E-state index in [1.807, 2.05) is 60.7 Å².